The minimum Gasteiger partial charge on any atom is -0.240 e. The quantitative estimate of drug-likeness (QED) is 0.331. The first-order valence-corrected chi connectivity index (χ1v) is 10.1. The molecule has 0 aliphatic rings. The highest BCUT2D eigenvalue weighted by molar-refractivity contribution is 7.98. The van der Waals surface area contributed by atoms with Crippen LogP contribution in [0.4, 0.5) is 13.2 Å². The summed E-state index contributed by atoms with van der Waals surface area (Å²) in [7, 11) is 0. The molecule has 0 saturated heterocycles. The molecule has 0 saturated carbocycles. The number of pyridine rings is 1. The molecule has 0 amide bonds. The molecule has 4 rings (SSSR count). The fourth-order valence-electron chi connectivity index (χ4n) is 3.28. The maximum atomic E-state index is 13.7. The Morgan fingerprint density at radius 2 is 1.60 bits per heavy atom. The van der Waals surface area contributed by atoms with Gasteiger partial charge >= 0.3 is 6.18 Å². The second-order valence-corrected chi connectivity index (χ2v) is 7.60. The third-order valence-electron chi connectivity index (χ3n) is 4.72. The molecule has 0 bridgehead atoms. The summed E-state index contributed by atoms with van der Waals surface area (Å²) in [6.45, 7) is 0. The predicted octanol–water partition coefficient (Wildman–Crippen LogP) is 7.08. The molecule has 1 aromatic heterocycles. The first kappa shape index (κ1) is 20.0. The van der Waals surface area contributed by atoms with E-state index < -0.39 is 17.3 Å². The van der Waals surface area contributed by atoms with Crippen molar-refractivity contribution in [1.82, 2.24) is 4.98 Å². The van der Waals surface area contributed by atoms with E-state index in [0.29, 0.717) is 11.3 Å². The van der Waals surface area contributed by atoms with E-state index >= 15 is 0 Å². The van der Waals surface area contributed by atoms with Crippen LogP contribution in [0.1, 0.15) is 16.7 Å². The van der Waals surface area contributed by atoms with Crippen LogP contribution in [0.25, 0.3) is 22.0 Å². The maximum absolute atomic E-state index is 13.7. The number of fused-ring (bicyclic) bond motifs is 1. The lowest BCUT2D eigenvalue weighted by molar-refractivity contribution is -0.138. The normalized spacial score (nSPS) is 11.4. The number of rotatable bonds is 4. The van der Waals surface area contributed by atoms with Crippen LogP contribution in [-0.2, 0) is 11.9 Å². The summed E-state index contributed by atoms with van der Waals surface area (Å²) in [5.41, 5.74) is 0.344. The zero-order valence-electron chi connectivity index (χ0n) is 15.6. The van der Waals surface area contributed by atoms with Crippen molar-refractivity contribution >= 4 is 22.5 Å². The summed E-state index contributed by atoms with van der Waals surface area (Å²) in [4.78, 5) is 4.42. The lowest BCUT2D eigenvalue weighted by Gasteiger charge is -2.14. The monoisotopic (exact) mass is 420 g/mol. The number of nitrogens with zero attached hydrogens (tertiary/aromatic N) is 2. The van der Waals surface area contributed by atoms with Gasteiger partial charge in [-0.25, -0.2) is 4.98 Å². The molecular weight excluding hydrogens is 405 g/mol. The van der Waals surface area contributed by atoms with E-state index in [1.54, 1.807) is 36.4 Å². The Hall–Kier alpha value is -3.30. The number of aromatic nitrogens is 1. The summed E-state index contributed by atoms with van der Waals surface area (Å²) >= 11 is 1.15. The third-order valence-corrected chi connectivity index (χ3v) is 5.74. The summed E-state index contributed by atoms with van der Waals surface area (Å²) < 4.78 is 41.1. The Morgan fingerprint density at radius 1 is 0.900 bits per heavy atom. The first-order chi connectivity index (χ1) is 14.5. The molecule has 0 aliphatic carbocycles. The average molecular weight is 420 g/mol. The molecule has 3 aromatic carbocycles. The van der Waals surface area contributed by atoms with Crippen LogP contribution in [0.5, 0.6) is 0 Å². The Labute approximate surface area is 176 Å². The van der Waals surface area contributed by atoms with Crippen LogP contribution in [0.15, 0.2) is 83.9 Å². The fraction of sp³-hybridized carbons (Fsp3) is 0.0833. The van der Waals surface area contributed by atoms with Gasteiger partial charge in [-0.3, -0.25) is 0 Å². The van der Waals surface area contributed by atoms with Gasteiger partial charge in [0.2, 0.25) is 0 Å². The van der Waals surface area contributed by atoms with Crippen LogP contribution >= 0.6 is 11.8 Å². The zero-order valence-corrected chi connectivity index (χ0v) is 16.5. The molecule has 0 radical (unpaired) electrons. The third kappa shape index (κ3) is 4.03. The van der Waals surface area contributed by atoms with Crippen molar-refractivity contribution in [3.05, 3.63) is 95.6 Å². The number of halogens is 3. The van der Waals surface area contributed by atoms with Crippen molar-refractivity contribution in [2.45, 2.75) is 17.0 Å². The fourth-order valence-corrected chi connectivity index (χ4v) is 4.29. The summed E-state index contributed by atoms with van der Waals surface area (Å²) in [6.07, 6.45) is -4.65. The van der Waals surface area contributed by atoms with Crippen molar-refractivity contribution in [3.63, 3.8) is 0 Å². The molecule has 30 heavy (non-hydrogen) atoms. The van der Waals surface area contributed by atoms with Crippen molar-refractivity contribution in [1.29, 1.82) is 5.26 Å². The average Bonchev–Trinajstić information content (AvgIpc) is 2.77. The van der Waals surface area contributed by atoms with E-state index in [4.69, 9.17) is 0 Å². The summed E-state index contributed by atoms with van der Waals surface area (Å²) in [5, 5.41) is 11.7. The molecule has 148 valence electrons. The lowest BCUT2D eigenvalue weighted by Crippen LogP contribution is -2.10. The van der Waals surface area contributed by atoms with Gasteiger partial charge in [-0.1, -0.05) is 72.8 Å². The summed E-state index contributed by atoms with van der Waals surface area (Å²) in [6, 6.07) is 25.0. The van der Waals surface area contributed by atoms with Gasteiger partial charge in [-0.05, 0) is 22.4 Å². The van der Waals surface area contributed by atoms with Crippen molar-refractivity contribution < 1.29 is 13.2 Å². The maximum Gasteiger partial charge on any atom is 0.417 e. The SMILES string of the molecule is N#Cc1c(C(F)(F)F)cc(-c2ccccc2)nc1SCc1cccc2ccccc12. The molecule has 0 aliphatic heterocycles. The van der Waals surface area contributed by atoms with E-state index in [2.05, 4.69) is 4.98 Å². The van der Waals surface area contributed by atoms with Gasteiger partial charge in [0.15, 0.2) is 0 Å². The highest BCUT2D eigenvalue weighted by atomic mass is 32.2. The summed E-state index contributed by atoms with van der Waals surface area (Å²) in [5.74, 6) is 0.401. The zero-order chi connectivity index (χ0) is 21.1. The molecule has 0 unspecified atom stereocenters. The standard InChI is InChI=1S/C24H15F3N2S/c25-24(26,27)21-13-22(17-8-2-1-3-9-17)29-23(20(21)14-28)30-15-18-11-6-10-16-7-4-5-12-19(16)18/h1-13H,15H2. The van der Waals surface area contributed by atoms with Crippen LogP contribution in [0.2, 0.25) is 0 Å². The van der Waals surface area contributed by atoms with Crippen LogP contribution in [0.3, 0.4) is 0 Å². The molecule has 6 heteroatoms. The molecule has 0 spiro atoms. The molecule has 1 heterocycles. The number of thioether (sulfide) groups is 1. The van der Waals surface area contributed by atoms with Gasteiger partial charge in [0.1, 0.15) is 11.1 Å². The molecule has 2 nitrogen and oxygen atoms in total. The van der Waals surface area contributed by atoms with Gasteiger partial charge < -0.3 is 0 Å². The van der Waals surface area contributed by atoms with E-state index in [1.165, 1.54) is 0 Å². The smallest absolute Gasteiger partial charge is 0.240 e. The van der Waals surface area contributed by atoms with Gasteiger partial charge in [-0.15, -0.1) is 11.8 Å². The van der Waals surface area contributed by atoms with E-state index in [-0.39, 0.29) is 10.7 Å². The molecule has 0 fully saturated rings. The predicted molar refractivity (Wildman–Crippen MR) is 113 cm³/mol. The largest absolute Gasteiger partial charge is 0.417 e. The molecule has 0 atom stereocenters. The highest BCUT2D eigenvalue weighted by Gasteiger charge is 2.36. The first-order valence-electron chi connectivity index (χ1n) is 9.14. The second kappa shape index (κ2) is 8.21. The minimum absolute atomic E-state index is 0.0825. The van der Waals surface area contributed by atoms with E-state index in [9.17, 15) is 18.4 Å². The van der Waals surface area contributed by atoms with E-state index in [0.717, 1.165) is 34.2 Å². The molecule has 0 N–H and O–H groups in total. The van der Waals surface area contributed by atoms with Crippen LogP contribution < -0.4 is 0 Å². The number of alkyl halides is 3. The minimum atomic E-state index is -4.65. The van der Waals surface area contributed by atoms with Crippen LogP contribution in [-0.4, -0.2) is 4.98 Å². The Morgan fingerprint density at radius 3 is 2.33 bits per heavy atom. The van der Waals surface area contributed by atoms with Gasteiger partial charge in [0.05, 0.1) is 16.8 Å². The van der Waals surface area contributed by atoms with Crippen molar-refractivity contribution in [2.24, 2.45) is 0 Å². The van der Waals surface area contributed by atoms with Crippen molar-refractivity contribution in [2.75, 3.05) is 0 Å². The van der Waals surface area contributed by atoms with Gasteiger partial charge in [-0.2, -0.15) is 18.4 Å². The lowest BCUT2D eigenvalue weighted by atomic mass is 10.1. The topological polar surface area (TPSA) is 36.7 Å². The van der Waals surface area contributed by atoms with Gasteiger partial charge in [0, 0.05) is 11.3 Å². The van der Waals surface area contributed by atoms with E-state index in [1.807, 2.05) is 42.5 Å². The Kier molecular flexibility index (Phi) is 5.47. The number of benzene rings is 3. The van der Waals surface area contributed by atoms with Crippen LogP contribution in [0, 0.1) is 11.3 Å². The molecular formula is C24H15F3N2S. The highest BCUT2D eigenvalue weighted by Crippen LogP contribution is 2.39. The Bertz CT molecular complexity index is 1240. The Balaban J connectivity index is 1.79. The van der Waals surface area contributed by atoms with Crippen molar-refractivity contribution in [3.8, 4) is 17.3 Å². The molecule has 4 aromatic rings. The number of nitriles is 1. The second-order valence-electron chi connectivity index (χ2n) is 6.64. The number of hydrogen-bond acceptors (Lipinski definition) is 3. The van der Waals surface area contributed by atoms with Gasteiger partial charge in [0.25, 0.3) is 0 Å². The number of hydrogen-bond donors (Lipinski definition) is 0.